The number of halogens is 3. The molecule has 0 spiro atoms. The molecule has 10 heteroatoms. The number of hydrogen-bond donors (Lipinski definition) is 0. The summed E-state index contributed by atoms with van der Waals surface area (Å²) in [4.78, 5) is 29.4. The first kappa shape index (κ1) is 42.8. The zero-order valence-electron chi connectivity index (χ0n) is 32.2. The van der Waals surface area contributed by atoms with Gasteiger partial charge in [0, 0.05) is 53.5 Å². The second-order valence-electron chi connectivity index (χ2n) is 15.6. The van der Waals surface area contributed by atoms with E-state index in [0.717, 1.165) is 94.6 Å². The van der Waals surface area contributed by atoms with Crippen molar-refractivity contribution in [3.05, 3.63) is 140 Å². The number of aromatic nitrogens is 3. The molecule has 6 nitrogen and oxygen atoms in total. The molecule has 288 valence electrons. The predicted molar refractivity (Wildman–Crippen MR) is 241 cm³/mol. The maximum absolute atomic E-state index is 5.10. The molecule has 57 heavy (non-hydrogen) atoms. The van der Waals surface area contributed by atoms with Crippen molar-refractivity contribution in [2.45, 2.75) is 53.9 Å². The van der Waals surface area contributed by atoms with Gasteiger partial charge in [-0.15, -0.1) is 89.5 Å². The van der Waals surface area contributed by atoms with Crippen molar-refractivity contribution in [3.63, 3.8) is 0 Å². The number of nitrogens with zero attached hydrogens (tertiary/aromatic N) is 6. The molecule has 7 rings (SSSR count). The normalized spacial score (nSPS) is 21.0. The van der Waals surface area contributed by atoms with Gasteiger partial charge in [0.25, 0.3) is 0 Å². The number of pyridine rings is 3. The molecule has 1 saturated carbocycles. The molecule has 2 unspecified atom stereocenters. The number of aliphatic imine (C=N–C) groups is 3. The van der Waals surface area contributed by atoms with Gasteiger partial charge in [-0.3, -0.25) is 15.0 Å². The second kappa shape index (κ2) is 18.0. The molecule has 0 radical (unpaired) electrons. The Hall–Kier alpha value is -3.79. The van der Waals surface area contributed by atoms with Crippen molar-refractivity contribution >= 4 is 83.5 Å². The summed E-state index contributed by atoms with van der Waals surface area (Å²) in [5, 5.41) is 0. The van der Waals surface area contributed by atoms with Gasteiger partial charge in [0.05, 0.1) is 17.1 Å². The van der Waals surface area contributed by atoms with Crippen LogP contribution < -0.4 is 0 Å². The summed E-state index contributed by atoms with van der Waals surface area (Å²) in [7, 11) is 0. The Bertz CT molecular complexity index is 2360. The fourth-order valence-electron chi connectivity index (χ4n) is 7.95. The van der Waals surface area contributed by atoms with Gasteiger partial charge in [-0.2, -0.15) is 0 Å². The van der Waals surface area contributed by atoms with E-state index < -0.39 is 0 Å². The topological polar surface area (TPSA) is 75.8 Å². The van der Waals surface area contributed by atoms with E-state index in [-0.39, 0.29) is 36.4 Å². The smallest absolute Gasteiger partial charge is 0.302 e. The Kier molecular flexibility index (Phi) is 13.5. The van der Waals surface area contributed by atoms with Gasteiger partial charge in [-0.05, 0) is 67.4 Å². The molecule has 0 saturated heterocycles. The van der Waals surface area contributed by atoms with Gasteiger partial charge in [-0.25, -0.2) is 0 Å². The third kappa shape index (κ3) is 10.8. The SMILES string of the molecule is Cc1cc(-c2[c-]ccc(Br)c2)ncc1N=CC1(C)CC(C)(C=Nc2ccc(-c3[c-]ccc(Br)c3)nc2)CC(C)(C=Nc2cnc(-c3[c-]ccc(Br)c3)cc2C)C1.[Ir+3]. The van der Waals surface area contributed by atoms with E-state index in [0.29, 0.717) is 0 Å². The van der Waals surface area contributed by atoms with Crippen molar-refractivity contribution in [3.8, 4) is 33.8 Å². The van der Waals surface area contributed by atoms with E-state index in [1.807, 2.05) is 85.3 Å². The summed E-state index contributed by atoms with van der Waals surface area (Å²) in [5.41, 5.74) is 9.13. The van der Waals surface area contributed by atoms with Crippen LogP contribution in [-0.4, -0.2) is 33.6 Å². The van der Waals surface area contributed by atoms with Crippen molar-refractivity contribution in [1.29, 1.82) is 0 Å². The van der Waals surface area contributed by atoms with Crippen molar-refractivity contribution in [2.75, 3.05) is 0 Å². The maximum Gasteiger partial charge on any atom is 3.00 e. The third-order valence-electron chi connectivity index (χ3n) is 10.0. The zero-order chi connectivity index (χ0) is 39.5. The van der Waals surface area contributed by atoms with E-state index in [1.54, 1.807) is 0 Å². The Morgan fingerprint density at radius 1 is 0.526 bits per heavy atom. The van der Waals surface area contributed by atoms with Crippen LogP contribution >= 0.6 is 47.8 Å². The fourth-order valence-corrected chi connectivity index (χ4v) is 9.04. The van der Waals surface area contributed by atoms with Crippen LogP contribution in [0.15, 0.2) is 126 Å². The summed E-state index contributed by atoms with van der Waals surface area (Å²) < 4.78 is 2.97. The molecule has 1 fully saturated rings. The average Bonchev–Trinajstić information content (AvgIpc) is 3.16. The van der Waals surface area contributed by atoms with Crippen LogP contribution in [0.5, 0.6) is 0 Å². The molecular formula is C47H40Br3IrN6. The van der Waals surface area contributed by atoms with Gasteiger partial charge in [0.15, 0.2) is 0 Å². The van der Waals surface area contributed by atoms with Crippen molar-refractivity contribution in [1.82, 2.24) is 15.0 Å². The first-order valence-corrected chi connectivity index (χ1v) is 20.7. The van der Waals surface area contributed by atoms with Gasteiger partial charge in [0.2, 0.25) is 0 Å². The van der Waals surface area contributed by atoms with E-state index in [9.17, 15) is 0 Å². The molecule has 0 N–H and O–H groups in total. The minimum atomic E-state index is -0.282. The molecule has 0 amide bonds. The molecule has 2 atom stereocenters. The summed E-state index contributed by atoms with van der Waals surface area (Å²) >= 11 is 10.7. The Morgan fingerprint density at radius 2 is 0.912 bits per heavy atom. The molecule has 1 aliphatic carbocycles. The Balaban J connectivity index is 0.00000549. The van der Waals surface area contributed by atoms with Gasteiger partial charge in [0.1, 0.15) is 0 Å². The Labute approximate surface area is 374 Å². The van der Waals surface area contributed by atoms with Crippen LogP contribution in [0.25, 0.3) is 33.8 Å². The Morgan fingerprint density at radius 3 is 1.28 bits per heavy atom. The van der Waals surface area contributed by atoms with E-state index in [2.05, 4.69) is 131 Å². The minimum absolute atomic E-state index is 0. The van der Waals surface area contributed by atoms with Crippen LogP contribution in [0.2, 0.25) is 0 Å². The van der Waals surface area contributed by atoms with Crippen LogP contribution in [0.4, 0.5) is 17.1 Å². The molecular weight excluding hydrogens is 1080 g/mol. The molecule has 1 aliphatic rings. The van der Waals surface area contributed by atoms with Gasteiger partial charge < -0.3 is 15.0 Å². The van der Waals surface area contributed by atoms with Crippen LogP contribution in [0.3, 0.4) is 0 Å². The fraction of sp³-hybridized carbons (Fsp3) is 0.234. The van der Waals surface area contributed by atoms with Crippen molar-refractivity contribution in [2.24, 2.45) is 31.2 Å². The maximum atomic E-state index is 5.10. The van der Waals surface area contributed by atoms with Gasteiger partial charge >= 0.3 is 20.1 Å². The molecule has 3 aromatic heterocycles. The van der Waals surface area contributed by atoms with Crippen molar-refractivity contribution < 1.29 is 20.1 Å². The zero-order valence-corrected chi connectivity index (χ0v) is 39.4. The summed E-state index contributed by atoms with van der Waals surface area (Å²) in [6.45, 7) is 11.0. The summed E-state index contributed by atoms with van der Waals surface area (Å²) in [5.74, 6) is 0. The van der Waals surface area contributed by atoms with E-state index >= 15 is 0 Å². The summed E-state index contributed by atoms with van der Waals surface area (Å²) in [6, 6.07) is 35.6. The van der Waals surface area contributed by atoms with Crippen LogP contribution in [0.1, 0.15) is 51.2 Å². The molecule has 3 aromatic carbocycles. The minimum Gasteiger partial charge on any atom is -0.302 e. The predicted octanol–water partition coefficient (Wildman–Crippen LogP) is 13.9. The van der Waals surface area contributed by atoms with E-state index in [4.69, 9.17) is 29.9 Å². The number of hydrogen-bond acceptors (Lipinski definition) is 6. The monoisotopic (exact) mass is 1120 g/mol. The molecule has 0 aliphatic heterocycles. The molecule has 3 heterocycles. The standard InChI is InChI=1S/C47H40Br3N6.Ir/c1-31-17-41(34-10-7-13-37(49)20-34)52-23-43(31)55-29-46(4)25-45(3,28-54-39-15-16-40(51-22-39)33-9-6-12-36(48)19-33)26-47(5,27-46)30-56-44-24-53-42(18-32(44)2)35-11-8-14-38(50)21-35;/h6-8,12-24,28-30H,25-27H2,1-5H3;/q-3;+3. The summed E-state index contributed by atoms with van der Waals surface area (Å²) in [6.07, 6.45) is 14.5. The van der Waals surface area contributed by atoms with E-state index in [1.165, 1.54) is 0 Å². The number of rotatable bonds is 9. The first-order valence-electron chi connectivity index (χ1n) is 18.3. The quantitative estimate of drug-likeness (QED) is 0.107. The molecule has 0 bridgehead atoms. The second-order valence-corrected chi connectivity index (χ2v) is 18.4. The molecule has 6 aromatic rings. The largest absolute Gasteiger partial charge is 3.00 e. The number of aryl methyl sites for hydroxylation is 2. The average molecular weight is 1120 g/mol. The third-order valence-corrected chi connectivity index (χ3v) is 11.5. The number of benzene rings is 3. The first-order chi connectivity index (χ1) is 26.8. The van der Waals surface area contributed by atoms with Crippen LogP contribution in [-0.2, 0) is 20.1 Å². The van der Waals surface area contributed by atoms with Crippen LogP contribution in [0, 0.1) is 48.3 Å². The van der Waals surface area contributed by atoms with Gasteiger partial charge in [-0.1, -0.05) is 100 Å².